The van der Waals surface area contributed by atoms with E-state index in [-0.39, 0.29) is 0 Å². The smallest absolute Gasteiger partial charge is 0.00153 e. The minimum Gasteiger partial charge on any atom is -0.319 e. The van der Waals surface area contributed by atoms with E-state index in [1.165, 1.54) is 6.42 Å². The number of allylic oxidation sites excluding steroid dienone is 2. The van der Waals surface area contributed by atoms with Gasteiger partial charge in [0.2, 0.25) is 0 Å². The number of hydrogen-bond acceptors (Lipinski definition) is 1. The number of nitrogens with one attached hydrogen (secondary N) is 1. The Labute approximate surface area is 76.2 Å². The zero-order valence-corrected chi connectivity index (χ0v) is 8.72. The van der Waals surface area contributed by atoms with Crippen LogP contribution >= 0.6 is 0 Å². The van der Waals surface area contributed by atoms with Crippen molar-refractivity contribution < 1.29 is 0 Å². The predicted octanol–water partition coefficient (Wildman–Crippen LogP) is 2.44. The molecule has 1 nitrogen and oxygen atoms in total. The van der Waals surface area contributed by atoms with Crippen molar-refractivity contribution in [2.75, 3.05) is 13.6 Å². The van der Waals surface area contributed by atoms with Gasteiger partial charge in [-0.05, 0) is 44.7 Å². The van der Waals surface area contributed by atoms with E-state index in [0.29, 0.717) is 0 Å². The normalized spacial score (nSPS) is 36.3. The molecule has 0 aliphatic heterocycles. The molecule has 0 aromatic rings. The molecule has 0 saturated carbocycles. The SMILES string of the molecule is CNC[C@H]1[C@H](C)CC(C)=C[C@@H]1C. The molecule has 1 aliphatic rings. The molecule has 0 unspecified atom stereocenters. The fraction of sp³-hybridized carbons (Fsp3) is 0.818. The van der Waals surface area contributed by atoms with E-state index in [0.717, 1.165) is 24.3 Å². The third-order valence-electron chi connectivity index (χ3n) is 3.04. The van der Waals surface area contributed by atoms with Crippen LogP contribution in [-0.4, -0.2) is 13.6 Å². The average molecular weight is 167 g/mol. The van der Waals surface area contributed by atoms with Gasteiger partial charge in [0.05, 0.1) is 0 Å². The first-order chi connectivity index (χ1) is 5.65. The summed E-state index contributed by atoms with van der Waals surface area (Å²) in [6.45, 7) is 8.12. The van der Waals surface area contributed by atoms with E-state index in [2.05, 4.69) is 32.2 Å². The van der Waals surface area contributed by atoms with Gasteiger partial charge in [-0.15, -0.1) is 0 Å². The summed E-state index contributed by atoms with van der Waals surface area (Å²) in [5.41, 5.74) is 1.57. The van der Waals surface area contributed by atoms with Crippen LogP contribution in [0.1, 0.15) is 27.2 Å². The Kier molecular flexibility index (Phi) is 3.33. The molecule has 0 radical (unpaired) electrons. The third-order valence-corrected chi connectivity index (χ3v) is 3.04. The van der Waals surface area contributed by atoms with Crippen molar-refractivity contribution in [1.29, 1.82) is 0 Å². The predicted molar refractivity (Wildman–Crippen MR) is 54.1 cm³/mol. The van der Waals surface area contributed by atoms with Crippen molar-refractivity contribution in [3.63, 3.8) is 0 Å². The quantitative estimate of drug-likeness (QED) is 0.623. The summed E-state index contributed by atoms with van der Waals surface area (Å²) in [6, 6.07) is 0. The minimum absolute atomic E-state index is 0.751. The maximum Gasteiger partial charge on any atom is -0.00153 e. The number of hydrogen-bond donors (Lipinski definition) is 1. The standard InChI is InChI=1S/C11H21N/c1-8-5-9(2)11(7-12-4)10(3)6-8/h5,9-12H,6-7H2,1-4H3/t9-,10+,11+/m0/s1. The van der Waals surface area contributed by atoms with Crippen LogP contribution in [0.4, 0.5) is 0 Å². The molecule has 0 aromatic heterocycles. The molecule has 0 aromatic carbocycles. The van der Waals surface area contributed by atoms with Crippen LogP contribution in [0.15, 0.2) is 11.6 Å². The van der Waals surface area contributed by atoms with Gasteiger partial charge in [-0.1, -0.05) is 25.5 Å². The van der Waals surface area contributed by atoms with Crippen LogP contribution in [0.5, 0.6) is 0 Å². The Bertz CT molecular complexity index is 172. The zero-order chi connectivity index (χ0) is 9.14. The van der Waals surface area contributed by atoms with E-state index in [9.17, 15) is 0 Å². The van der Waals surface area contributed by atoms with Crippen LogP contribution in [0.2, 0.25) is 0 Å². The maximum absolute atomic E-state index is 3.28. The van der Waals surface area contributed by atoms with Gasteiger partial charge < -0.3 is 5.32 Å². The van der Waals surface area contributed by atoms with Gasteiger partial charge in [0.1, 0.15) is 0 Å². The zero-order valence-electron chi connectivity index (χ0n) is 8.72. The van der Waals surface area contributed by atoms with Crippen molar-refractivity contribution >= 4 is 0 Å². The highest BCUT2D eigenvalue weighted by Gasteiger charge is 2.25. The monoisotopic (exact) mass is 167 g/mol. The Morgan fingerprint density at radius 2 is 2.17 bits per heavy atom. The lowest BCUT2D eigenvalue weighted by molar-refractivity contribution is 0.267. The molecule has 0 heterocycles. The second kappa shape index (κ2) is 4.08. The van der Waals surface area contributed by atoms with E-state index >= 15 is 0 Å². The Morgan fingerprint density at radius 3 is 2.67 bits per heavy atom. The largest absolute Gasteiger partial charge is 0.319 e. The third kappa shape index (κ3) is 2.10. The molecule has 12 heavy (non-hydrogen) atoms. The maximum atomic E-state index is 3.28. The summed E-state index contributed by atoms with van der Waals surface area (Å²) in [7, 11) is 2.05. The molecular weight excluding hydrogens is 146 g/mol. The van der Waals surface area contributed by atoms with E-state index in [4.69, 9.17) is 0 Å². The number of rotatable bonds is 2. The van der Waals surface area contributed by atoms with Crippen LogP contribution in [0, 0.1) is 17.8 Å². The summed E-state index contributed by atoms with van der Waals surface area (Å²) in [5.74, 6) is 2.43. The van der Waals surface area contributed by atoms with Gasteiger partial charge in [0.15, 0.2) is 0 Å². The van der Waals surface area contributed by atoms with Crippen molar-refractivity contribution in [2.24, 2.45) is 17.8 Å². The van der Waals surface area contributed by atoms with E-state index in [1.807, 2.05) is 7.05 Å². The molecule has 1 heteroatoms. The summed E-state index contributed by atoms with van der Waals surface area (Å²) in [4.78, 5) is 0. The summed E-state index contributed by atoms with van der Waals surface area (Å²) in [6.07, 6.45) is 3.72. The van der Waals surface area contributed by atoms with Gasteiger partial charge in [0, 0.05) is 0 Å². The second-order valence-electron chi connectivity index (χ2n) is 4.28. The van der Waals surface area contributed by atoms with E-state index in [1.54, 1.807) is 5.57 Å². The lowest BCUT2D eigenvalue weighted by Gasteiger charge is -2.32. The van der Waals surface area contributed by atoms with Crippen molar-refractivity contribution in [1.82, 2.24) is 5.32 Å². The second-order valence-corrected chi connectivity index (χ2v) is 4.28. The Hall–Kier alpha value is -0.300. The molecule has 0 amide bonds. The van der Waals surface area contributed by atoms with Crippen LogP contribution in [0.3, 0.4) is 0 Å². The minimum atomic E-state index is 0.751. The molecule has 1 rings (SSSR count). The van der Waals surface area contributed by atoms with Crippen molar-refractivity contribution in [3.8, 4) is 0 Å². The highest BCUT2D eigenvalue weighted by molar-refractivity contribution is 5.08. The van der Waals surface area contributed by atoms with Gasteiger partial charge in [-0.2, -0.15) is 0 Å². The molecule has 0 fully saturated rings. The summed E-state index contributed by atoms with van der Waals surface area (Å²) in [5, 5.41) is 3.28. The lowest BCUT2D eigenvalue weighted by Crippen LogP contribution is -2.31. The van der Waals surface area contributed by atoms with Crippen LogP contribution < -0.4 is 5.32 Å². The van der Waals surface area contributed by atoms with Gasteiger partial charge >= 0.3 is 0 Å². The van der Waals surface area contributed by atoms with E-state index < -0.39 is 0 Å². The first-order valence-corrected chi connectivity index (χ1v) is 4.97. The first-order valence-electron chi connectivity index (χ1n) is 4.97. The fourth-order valence-electron chi connectivity index (χ4n) is 2.44. The highest BCUT2D eigenvalue weighted by atomic mass is 14.8. The van der Waals surface area contributed by atoms with Gasteiger partial charge in [-0.3, -0.25) is 0 Å². The molecule has 1 aliphatic carbocycles. The topological polar surface area (TPSA) is 12.0 Å². The Balaban J connectivity index is 2.62. The van der Waals surface area contributed by atoms with Crippen LogP contribution in [-0.2, 0) is 0 Å². The molecule has 70 valence electrons. The van der Waals surface area contributed by atoms with Gasteiger partial charge in [-0.25, -0.2) is 0 Å². The molecule has 1 N–H and O–H groups in total. The molecule has 0 bridgehead atoms. The Morgan fingerprint density at radius 1 is 1.50 bits per heavy atom. The van der Waals surface area contributed by atoms with Crippen molar-refractivity contribution in [3.05, 3.63) is 11.6 Å². The molecular formula is C11H21N. The molecule has 0 saturated heterocycles. The first kappa shape index (κ1) is 9.79. The van der Waals surface area contributed by atoms with Gasteiger partial charge in [0.25, 0.3) is 0 Å². The van der Waals surface area contributed by atoms with Crippen molar-refractivity contribution in [2.45, 2.75) is 27.2 Å². The average Bonchev–Trinajstić information content (AvgIpc) is 1.96. The highest BCUT2D eigenvalue weighted by Crippen LogP contribution is 2.32. The fourth-order valence-corrected chi connectivity index (χ4v) is 2.44. The summed E-state index contributed by atoms with van der Waals surface area (Å²) >= 11 is 0. The molecule has 3 atom stereocenters. The molecule has 0 spiro atoms. The lowest BCUT2D eigenvalue weighted by atomic mass is 9.75. The van der Waals surface area contributed by atoms with Crippen LogP contribution in [0.25, 0.3) is 0 Å². The summed E-state index contributed by atoms with van der Waals surface area (Å²) < 4.78 is 0.